The fourth-order valence-electron chi connectivity index (χ4n) is 0.626. The van der Waals surface area contributed by atoms with Crippen LogP contribution >= 0.6 is 0 Å². The Kier molecular flexibility index (Phi) is 2.17. The van der Waals surface area contributed by atoms with Crippen LogP contribution in [0.1, 0.15) is 5.69 Å². The summed E-state index contributed by atoms with van der Waals surface area (Å²) in [6, 6.07) is 0. The molecule has 0 aliphatic heterocycles. The molecule has 0 bridgehead atoms. The summed E-state index contributed by atoms with van der Waals surface area (Å²) < 4.78 is 4.83. The molecule has 0 fully saturated rings. The normalized spacial score (nSPS) is 9.70. The van der Waals surface area contributed by atoms with E-state index in [2.05, 4.69) is 9.97 Å². The van der Waals surface area contributed by atoms with Gasteiger partial charge in [0.15, 0.2) is 0 Å². The first kappa shape index (κ1) is 6.95. The molecule has 10 heavy (non-hydrogen) atoms. The van der Waals surface area contributed by atoms with Gasteiger partial charge in [0.2, 0.25) is 0 Å². The zero-order valence-corrected chi connectivity index (χ0v) is 5.74. The van der Waals surface area contributed by atoms with Gasteiger partial charge in [0, 0.05) is 19.5 Å². The number of anilines is 1. The maximum Gasteiger partial charge on any atom is 0.147 e. The van der Waals surface area contributed by atoms with Crippen LogP contribution in [0.4, 0.5) is 5.82 Å². The third-order valence-electron chi connectivity index (χ3n) is 1.09. The first-order chi connectivity index (χ1) is 4.84. The molecule has 0 aliphatic carbocycles. The average Bonchev–Trinajstić information content (AvgIpc) is 1.94. The molecule has 0 amide bonds. The van der Waals surface area contributed by atoms with E-state index in [4.69, 9.17) is 10.5 Å². The van der Waals surface area contributed by atoms with E-state index >= 15 is 0 Å². The Morgan fingerprint density at radius 3 is 2.80 bits per heavy atom. The fourth-order valence-corrected chi connectivity index (χ4v) is 0.626. The number of aromatic nitrogens is 2. The minimum absolute atomic E-state index is 0.416. The molecule has 0 saturated heterocycles. The first-order valence-corrected chi connectivity index (χ1v) is 2.89. The van der Waals surface area contributed by atoms with Crippen LogP contribution in [0.5, 0.6) is 0 Å². The minimum atomic E-state index is 0.416. The van der Waals surface area contributed by atoms with Gasteiger partial charge in [-0.2, -0.15) is 0 Å². The standard InChI is InChI=1S/C6H9N3O/c1-10-4-5-6(7)9-3-2-8-5/h2-3H,4H2,1H3,(H2,7,9). The smallest absolute Gasteiger partial charge is 0.147 e. The van der Waals surface area contributed by atoms with E-state index < -0.39 is 0 Å². The number of methoxy groups -OCH3 is 1. The van der Waals surface area contributed by atoms with Crippen molar-refractivity contribution >= 4 is 5.82 Å². The molecule has 4 heteroatoms. The molecule has 0 spiro atoms. The SMILES string of the molecule is COCc1nccnc1N. The van der Waals surface area contributed by atoms with Crippen molar-refractivity contribution in [3.63, 3.8) is 0 Å². The van der Waals surface area contributed by atoms with Gasteiger partial charge in [-0.05, 0) is 0 Å². The van der Waals surface area contributed by atoms with Gasteiger partial charge in [-0.3, -0.25) is 4.98 Å². The molecular weight excluding hydrogens is 130 g/mol. The van der Waals surface area contributed by atoms with E-state index in [1.54, 1.807) is 19.5 Å². The number of nitrogens with two attached hydrogens (primary N) is 1. The zero-order chi connectivity index (χ0) is 7.40. The molecule has 54 valence electrons. The maximum absolute atomic E-state index is 5.45. The predicted molar refractivity (Wildman–Crippen MR) is 37.2 cm³/mol. The van der Waals surface area contributed by atoms with Gasteiger partial charge >= 0.3 is 0 Å². The summed E-state index contributed by atoms with van der Waals surface area (Å²) in [5.41, 5.74) is 6.14. The van der Waals surface area contributed by atoms with Crippen LogP contribution in [0.3, 0.4) is 0 Å². The molecule has 0 radical (unpaired) electrons. The van der Waals surface area contributed by atoms with Crippen molar-refractivity contribution in [2.45, 2.75) is 6.61 Å². The van der Waals surface area contributed by atoms with E-state index in [0.29, 0.717) is 18.1 Å². The van der Waals surface area contributed by atoms with E-state index in [-0.39, 0.29) is 0 Å². The van der Waals surface area contributed by atoms with Gasteiger partial charge in [0.1, 0.15) is 11.5 Å². The van der Waals surface area contributed by atoms with Crippen molar-refractivity contribution in [2.24, 2.45) is 0 Å². The van der Waals surface area contributed by atoms with Crippen LogP contribution in [0.2, 0.25) is 0 Å². The molecule has 2 N–H and O–H groups in total. The summed E-state index contributed by atoms with van der Waals surface area (Å²) in [6.07, 6.45) is 3.14. The van der Waals surface area contributed by atoms with Gasteiger partial charge in [-0.25, -0.2) is 4.98 Å². The number of hydrogen-bond donors (Lipinski definition) is 1. The van der Waals surface area contributed by atoms with Crippen LogP contribution < -0.4 is 5.73 Å². The summed E-state index contributed by atoms with van der Waals surface area (Å²) in [5, 5.41) is 0. The first-order valence-electron chi connectivity index (χ1n) is 2.89. The molecule has 0 unspecified atom stereocenters. The largest absolute Gasteiger partial charge is 0.382 e. The summed E-state index contributed by atoms with van der Waals surface area (Å²) in [5.74, 6) is 0.435. The van der Waals surface area contributed by atoms with Crippen molar-refractivity contribution in [3.8, 4) is 0 Å². The van der Waals surface area contributed by atoms with Gasteiger partial charge < -0.3 is 10.5 Å². The van der Waals surface area contributed by atoms with Crippen LogP contribution in [0.25, 0.3) is 0 Å². The Morgan fingerprint density at radius 2 is 2.20 bits per heavy atom. The highest BCUT2D eigenvalue weighted by atomic mass is 16.5. The highest BCUT2D eigenvalue weighted by Gasteiger charge is 1.97. The monoisotopic (exact) mass is 139 g/mol. The third-order valence-corrected chi connectivity index (χ3v) is 1.09. The van der Waals surface area contributed by atoms with E-state index in [0.717, 1.165) is 0 Å². The van der Waals surface area contributed by atoms with Gasteiger partial charge in [-0.1, -0.05) is 0 Å². The molecule has 1 aromatic heterocycles. The Balaban J connectivity index is 2.81. The molecule has 1 aromatic rings. The summed E-state index contributed by atoms with van der Waals surface area (Å²) >= 11 is 0. The summed E-state index contributed by atoms with van der Waals surface area (Å²) in [6.45, 7) is 0.416. The van der Waals surface area contributed by atoms with Crippen LogP contribution in [0.15, 0.2) is 12.4 Å². The lowest BCUT2D eigenvalue weighted by molar-refractivity contribution is 0.182. The molecule has 1 heterocycles. The predicted octanol–water partition coefficient (Wildman–Crippen LogP) is 0.205. The second-order valence-electron chi connectivity index (χ2n) is 1.82. The van der Waals surface area contributed by atoms with Crippen LogP contribution in [-0.4, -0.2) is 17.1 Å². The zero-order valence-electron chi connectivity index (χ0n) is 5.74. The summed E-state index contributed by atoms with van der Waals surface area (Å²) in [7, 11) is 1.59. The molecular formula is C6H9N3O. The van der Waals surface area contributed by atoms with Gasteiger partial charge in [0.05, 0.1) is 6.61 Å². The van der Waals surface area contributed by atoms with Crippen LogP contribution in [0, 0.1) is 0 Å². The van der Waals surface area contributed by atoms with Crippen molar-refractivity contribution in [3.05, 3.63) is 18.1 Å². The molecule has 1 rings (SSSR count). The Labute approximate surface area is 59.1 Å². The van der Waals surface area contributed by atoms with Gasteiger partial charge in [-0.15, -0.1) is 0 Å². The fraction of sp³-hybridized carbons (Fsp3) is 0.333. The minimum Gasteiger partial charge on any atom is -0.382 e. The lowest BCUT2D eigenvalue weighted by Crippen LogP contribution is -2.00. The third kappa shape index (κ3) is 1.41. The second-order valence-corrected chi connectivity index (χ2v) is 1.82. The topological polar surface area (TPSA) is 61.0 Å². The van der Waals surface area contributed by atoms with Crippen molar-refractivity contribution < 1.29 is 4.74 Å². The lowest BCUT2D eigenvalue weighted by Gasteiger charge is -1.99. The lowest BCUT2D eigenvalue weighted by atomic mass is 10.4. The number of nitrogens with zero attached hydrogens (tertiary/aromatic N) is 2. The van der Waals surface area contributed by atoms with Crippen molar-refractivity contribution in [2.75, 3.05) is 12.8 Å². The van der Waals surface area contributed by atoms with Gasteiger partial charge in [0.25, 0.3) is 0 Å². The van der Waals surface area contributed by atoms with Crippen molar-refractivity contribution in [1.82, 2.24) is 9.97 Å². The Bertz CT molecular complexity index is 214. The molecule has 4 nitrogen and oxygen atoms in total. The number of ether oxygens (including phenoxy) is 1. The van der Waals surface area contributed by atoms with E-state index in [1.807, 2.05) is 0 Å². The molecule has 0 aromatic carbocycles. The number of rotatable bonds is 2. The Morgan fingerprint density at radius 1 is 1.50 bits per heavy atom. The molecule has 0 saturated carbocycles. The number of nitrogen functional groups attached to an aromatic ring is 1. The molecule has 0 aliphatic rings. The van der Waals surface area contributed by atoms with Crippen molar-refractivity contribution in [1.29, 1.82) is 0 Å². The number of hydrogen-bond acceptors (Lipinski definition) is 4. The summed E-state index contributed by atoms with van der Waals surface area (Å²) in [4.78, 5) is 7.79. The highest BCUT2D eigenvalue weighted by Crippen LogP contribution is 2.02. The van der Waals surface area contributed by atoms with Crippen LogP contribution in [-0.2, 0) is 11.3 Å². The molecule has 0 atom stereocenters. The maximum atomic E-state index is 5.45. The highest BCUT2D eigenvalue weighted by molar-refractivity contribution is 5.31. The average molecular weight is 139 g/mol. The Hall–Kier alpha value is -1.16. The second kappa shape index (κ2) is 3.12. The van der Waals surface area contributed by atoms with E-state index in [9.17, 15) is 0 Å². The quantitative estimate of drug-likeness (QED) is 0.636. The van der Waals surface area contributed by atoms with E-state index in [1.165, 1.54) is 0 Å².